The van der Waals surface area contributed by atoms with Gasteiger partial charge >= 0.3 is 0 Å². The van der Waals surface area contributed by atoms with Crippen LogP contribution in [0.5, 0.6) is 0 Å². The fourth-order valence-electron chi connectivity index (χ4n) is 3.56. The number of benzene rings is 2. The number of aromatic nitrogens is 4. The fourth-order valence-corrected chi connectivity index (χ4v) is 4.64. The molecule has 5 rings (SSSR count). The Morgan fingerprint density at radius 2 is 1.84 bits per heavy atom. The summed E-state index contributed by atoms with van der Waals surface area (Å²) >= 11 is 1.45. The summed E-state index contributed by atoms with van der Waals surface area (Å²) in [6, 6.07) is 19.8. The first-order chi connectivity index (χ1) is 15.1. The minimum Gasteiger partial charge on any atom is -0.331 e. The van der Waals surface area contributed by atoms with Gasteiger partial charge in [0, 0.05) is 30.0 Å². The van der Waals surface area contributed by atoms with Crippen LogP contribution in [0, 0.1) is 13.8 Å². The molecular weight excluding hydrogens is 406 g/mol. The number of hydrogen-bond donors (Lipinski definition) is 1. The van der Waals surface area contributed by atoms with Gasteiger partial charge in [-0.25, -0.2) is 9.67 Å². The molecule has 0 spiro atoms. The van der Waals surface area contributed by atoms with E-state index in [4.69, 9.17) is 0 Å². The number of anilines is 1. The number of amides is 1. The Kier molecular flexibility index (Phi) is 4.88. The fraction of sp³-hybridized carbons (Fsp3) is 0.125. The highest BCUT2D eigenvalue weighted by atomic mass is 32.1. The molecule has 0 fully saturated rings. The Labute approximate surface area is 183 Å². The van der Waals surface area contributed by atoms with E-state index in [1.54, 1.807) is 6.20 Å². The molecule has 0 radical (unpaired) electrons. The number of rotatable bonds is 5. The van der Waals surface area contributed by atoms with Gasteiger partial charge in [-0.15, -0.1) is 11.3 Å². The third-order valence-corrected chi connectivity index (χ3v) is 6.37. The summed E-state index contributed by atoms with van der Waals surface area (Å²) in [5, 5.41) is 8.65. The lowest BCUT2D eigenvalue weighted by atomic mass is 10.2. The van der Waals surface area contributed by atoms with Crippen LogP contribution >= 0.6 is 11.3 Å². The van der Waals surface area contributed by atoms with Crippen LogP contribution in [0.15, 0.2) is 73.1 Å². The molecule has 2 aromatic carbocycles. The molecule has 6 nitrogen and oxygen atoms in total. The first-order valence-electron chi connectivity index (χ1n) is 10.0. The van der Waals surface area contributed by atoms with E-state index < -0.39 is 0 Å². The number of carbonyl (C=O) groups excluding carboxylic acids is 1. The lowest BCUT2D eigenvalue weighted by molar-refractivity contribution is 0.103. The zero-order valence-electron chi connectivity index (χ0n) is 17.2. The second kappa shape index (κ2) is 7.85. The topological polar surface area (TPSA) is 64.7 Å². The Hall–Kier alpha value is -3.71. The highest BCUT2D eigenvalue weighted by molar-refractivity contribution is 7.20. The summed E-state index contributed by atoms with van der Waals surface area (Å²) in [6.07, 6.45) is 3.76. The minimum absolute atomic E-state index is 0.113. The molecule has 0 saturated carbocycles. The normalized spacial score (nSPS) is 11.2. The molecule has 31 heavy (non-hydrogen) atoms. The maximum Gasteiger partial charge on any atom is 0.265 e. The number of imidazole rings is 1. The molecule has 0 unspecified atom stereocenters. The van der Waals surface area contributed by atoms with Crippen LogP contribution < -0.4 is 5.32 Å². The van der Waals surface area contributed by atoms with Crippen molar-refractivity contribution in [3.8, 4) is 5.69 Å². The largest absolute Gasteiger partial charge is 0.331 e. The second-order valence-electron chi connectivity index (χ2n) is 7.42. The summed E-state index contributed by atoms with van der Waals surface area (Å²) < 4.78 is 3.99. The summed E-state index contributed by atoms with van der Waals surface area (Å²) in [6.45, 7) is 4.71. The molecule has 3 heterocycles. The third-order valence-electron chi connectivity index (χ3n) is 5.26. The van der Waals surface area contributed by atoms with Crippen LogP contribution in [0.1, 0.15) is 26.8 Å². The van der Waals surface area contributed by atoms with Gasteiger partial charge in [0.05, 0.1) is 16.3 Å². The number of aryl methyl sites for hydroxylation is 2. The summed E-state index contributed by atoms with van der Waals surface area (Å²) in [7, 11) is 0. The van der Waals surface area contributed by atoms with Gasteiger partial charge in [0.15, 0.2) is 0 Å². The van der Waals surface area contributed by atoms with Crippen molar-refractivity contribution in [1.29, 1.82) is 0 Å². The van der Waals surface area contributed by atoms with Crippen molar-refractivity contribution in [3.63, 3.8) is 0 Å². The van der Waals surface area contributed by atoms with Crippen molar-refractivity contribution in [2.45, 2.75) is 20.4 Å². The van der Waals surface area contributed by atoms with Crippen LogP contribution in [-0.2, 0) is 6.54 Å². The number of thiophene rings is 1. The van der Waals surface area contributed by atoms with E-state index >= 15 is 0 Å². The number of fused-ring (bicyclic) bond motifs is 1. The highest BCUT2D eigenvalue weighted by Crippen LogP contribution is 2.30. The first kappa shape index (κ1) is 19.3. The van der Waals surface area contributed by atoms with Crippen molar-refractivity contribution in [3.05, 3.63) is 95.0 Å². The molecule has 1 N–H and O–H groups in total. The van der Waals surface area contributed by atoms with E-state index in [1.807, 2.05) is 85.4 Å². The molecule has 3 aromatic heterocycles. The van der Waals surface area contributed by atoms with Crippen molar-refractivity contribution in [2.24, 2.45) is 0 Å². The van der Waals surface area contributed by atoms with Crippen LogP contribution in [0.2, 0.25) is 0 Å². The molecule has 0 atom stereocenters. The zero-order valence-corrected chi connectivity index (χ0v) is 18.1. The van der Waals surface area contributed by atoms with Crippen LogP contribution in [-0.4, -0.2) is 25.2 Å². The average Bonchev–Trinajstić information content (AvgIpc) is 3.47. The monoisotopic (exact) mass is 427 g/mol. The quantitative estimate of drug-likeness (QED) is 0.419. The number of carbonyl (C=O) groups is 1. The Morgan fingerprint density at radius 3 is 2.55 bits per heavy atom. The van der Waals surface area contributed by atoms with Gasteiger partial charge in [0.2, 0.25) is 0 Å². The Bertz CT molecular complexity index is 1360. The second-order valence-corrected chi connectivity index (χ2v) is 8.45. The van der Waals surface area contributed by atoms with Gasteiger partial charge in [-0.2, -0.15) is 5.10 Å². The molecule has 0 bridgehead atoms. The van der Waals surface area contributed by atoms with E-state index in [1.165, 1.54) is 11.3 Å². The van der Waals surface area contributed by atoms with Gasteiger partial charge in [-0.1, -0.05) is 30.3 Å². The predicted octanol–water partition coefficient (Wildman–Crippen LogP) is 5.20. The van der Waals surface area contributed by atoms with Gasteiger partial charge in [0.25, 0.3) is 5.91 Å². The van der Waals surface area contributed by atoms with Crippen LogP contribution in [0.4, 0.5) is 5.69 Å². The first-order valence-corrected chi connectivity index (χ1v) is 10.8. The summed E-state index contributed by atoms with van der Waals surface area (Å²) in [4.78, 5) is 18.8. The predicted molar refractivity (Wildman–Crippen MR) is 124 cm³/mol. The zero-order chi connectivity index (χ0) is 21.4. The van der Waals surface area contributed by atoms with E-state index in [2.05, 4.69) is 20.0 Å². The Morgan fingerprint density at radius 1 is 1.06 bits per heavy atom. The van der Waals surface area contributed by atoms with Crippen molar-refractivity contribution >= 4 is 33.1 Å². The molecule has 0 aliphatic carbocycles. The molecule has 0 aliphatic rings. The van der Waals surface area contributed by atoms with Crippen molar-refractivity contribution in [1.82, 2.24) is 19.3 Å². The maximum absolute atomic E-state index is 12.9. The number of nitrogens with one attached hydrogen (secondary N) is 1. The third kappa shape index (κ3) is 3.75. The number of nitrogens with zero attached hydrogens (tertiary/aromatic N) is 4. The summed E-state index contributed by atoms with van der Waals surface area (Å²) in [5.41, 5.74) is 3.82. The van der Waals surface area contributed by atoms with Crippen molar-refractivity contribution in [2.75, 3.05) is 5.32 Å². The van der Waals surface area contributed by atoms with Gasteiger partial charge in [0.1, 0.15) is 10.7 Å². The number of para-hydroxylation sites is 1. The van der Waals surface area contributed by atoms with E-state index in [9.17, 15) is 4.79 Å². The molecule has 1 amide bonds. The van der Waals surface area contributed by atoms with Gasteiger partial charge < -0.3 is 9.88 Å². The number of hydrogen-bond acceptors (Lipinski definition) is 4. The van der Waals surface area contributed by atoms with E-state index in [0.717, 1.165) is 45.2 Å². The lowest BCUT2D eigenvalue weighted by Crippen LogP contribution is -2.10. The molecular formula is C24H21N5OS. The standard InChI is InChI=1S/C24H21N5OS/c1-16-21-14-22(31-24(21)29(27-16)20-6-4-3-5-7-20)23(30)26-19-10-8-18(9-11-19)15-28-13-12-25-17(28)2/h3-14H,15H2,1-2H3,(H,26,30). The average molecular weight is 428 g/mol. The van der Waals surface area contributed by atoms with Crippen LogP contribution in [0.3, 0.4) is 0 Å². The summed E-state index contributed by atoms with van der Waals surface area (Å²) in [5.74, 6) is 0.866. The smallest absolute Gasteiger partial charge is 0.265 e. The maximum atomic E-state index is 12.9. The molecule has 0 saturated heterocycles. The molecule has 0 aliphatic heterocycles. The molecule has 7 heteroatoms. The highest BCUT2D eigenvalue weighted by Gasteiger charge is 2.17. The van der Waals surface area contributed by atoms with Gasteiger partial charge in [-0.05, 0) is 49.7 Å². The lowest BCUT2D eigenvalue weighted by Gasteiger charge is -2.07. The minimum atomic E-state index is -0.113. The Balaban J connectivity index is 1.35. The van der Waals surface area contributed by atoms with E-state index in [-0.39, 0.29) is 5.91 Å². The molecule has 5 aromatic rings. The SMILES string of the molecule is Cc1nn(-c2ccccc2)c2sc(C(=O)Nc3ccc(Cn4ccnc4C)cc3)cc12. The van der Waals surface area contributed by atoms with E-state index in [0.29, 0.717) is 4.88 Å². The molecule has 154 valence electrons. The van der Waals surface area contributed by atoms with Gasteiger partial charge in [-0.3, -0.25) is 4.79 Å². The van der Waals surface area contributed by atoms with Crippen LogP contribution in [0.25, 0.3) is 15.9 Å². The van der Waals surface area contributed by atoms with Crippen molar-refractivity contribution < 1.29 is 4.79 Å².